The van der Waals surface area contributed by atoms with Gasteiger partial charge in [0.05, 0.1) is 0 Å². The molecule has 28 heavy (non-hydrogen) atoms. The first kappa shape index (κ1) is 17.9. The molecule has 0 saturated heterocycles. The van der Waals surface area contributed by atoms with Crippen LogP contribution in [0.2, 0.25) is 0 Å². The van der Waals surface area contributed by atoms with Crippen molar-refractivity contribution < 1.29 is 18.1 Å². The van der Waals surface area contributed by atoms with E-state index in [-0.39, 0.29) is 17.4 Å². The SMILES string of the molecule is O=C(NCCCn1ccc2ccccc21)c1cc(-c2ccc(F)c(F)c2)on1. The van der Waals surface area contributed by atoms with Gasteiger partial charge in [0.2, 0.25) is 0 Å². The quantitative estimate of drug-likeness (QED) is 0.504. The van der Waals surface area contributed by atoms with Crippen LogP contribution in [0.4, 0.5) is 8.78 Å². The first-order valence-corrected chi connectivity index (χ1v) is 8.86. The molecule has 0 unspecified atom stereocenters. The monoisotopic (exact) mass is 381 g/mol. The minimum absolute atomic E-state index is 0.0890. The number of aryl methyl sites for hydroxylation is 1. The van der Waals surface area contributed by atoms with Crippen molar-refractivity contribution in [1.29, 1.82) is 0 Å². The lowest BCUT2D eigenvalue weighted by atomic mass is 10.1. The topological polar surface area (TPSA) is 60.1 Å². The number of hydrogen-bond acceptors (Lipinski definition) is 3. The van der Waals surface area contributed by atoms with Crippen molar-refractivity contribution >= 4 is 16.8 Å². The molecule has 1 amide bonds. The molecule has 7 heteroatoms. The van der Waals surface area contributed by atoms with E-state index < -0.39 is 11.6 Å². The largest absolute Gasteiger partial charge is 0.355 e. The Balaban J connectivity index is 1.33. The maximum Gasteiger partial charge on any atom is 0.273 e. The first-order valence-electron chi connectivity index (χ1n) is 8.86. The highest BCUT2D eigenvalue weighted by Gasteiger charge is 2.14. The van der Waals surface area contributed by atoms with Crippen molar-refractivity contribution in [3.8, 4) is 11.3 Å². The average molecular weight is 381 g/mol. The van der Waals surface area contributed by atoms with Crippen molar-refractivity contribution in [2.24, 2.45) is 0 Å². The molecular formula is C21H17F2N3O2. The van der Waals surface area contributed by atoms with Crippen LogP contribution in [0.5, 0.6) is 0 Å². The van der Waals surface area contributed by atoms with Gasteiger partial charge in [0, 0.05) is 36.4 Å². The van der Waals surface area contributed by atoms with Crippen LogP contribution in [0.1, 0.15) is 16.9 Å². The predicted octanol–water partition coefficient (Wildman–Crippen LogP) is 4.39. The highest BCUT2D eigenvalue weighted by Crippen LogP contribution is 2.22. The van der Waals surface area contributed by atoms with E-state index in [9.17, 15) is 13.6 Å². The molecular weight excluding hydrogens is 364 g/mol. The zero-order valence-electron chi connectivity index (χ0n) is 14.9. The number of halogens is 2. The number of para-hydroxylation sites is 1. The molecule has 0 saturated carbocycles. The van der Waals surface area contributed by atoms with E-state index in [2.05, 4.69) is 33.2 Å². The van der Waals surface area contributed by atoms with E-state index in [4.69, 9.17) is 4.52 Å². The van der Waals surface area contributed by atoms with Gasteiger partial charge >= 0.3 is 0 Å². The lowest BCUT2D eigenvalue weighted by molar-refractivity contribution is 0.0944. The number of amides is 1. The summed E-state index contributed by atoms with van der Waals surface area (Å²) in [6.45, 7) is 1.24. The molecule has 5 nitrogen and oxygen atoms in total. The van der Waals surface area contributed by atoms with Crippen LogP contribution >= 0.6 is 0 Å². The summed E-state index contributed by atoms with van der Waals surface area (Å²) in [5.41, 5.74) is 1.55. The maximum atomic E-state index is 13.3. The molecule has 0 radical (unpaired) electrons. The fourth-order valence-corrected chi connectivity index (χ4v) is 3.05. The highest BCUT2D eigenvalue weighted by molar-refractivity contribution is 5.93. The lowest BCUT2D eigenvalue weighted by Crippen LogP contribution is -2.25. The van der Waals surface area contributed by atoms with Crippen LogP contribution in [0.3, 0.4) is 0 Å². The molecule has 2 aromatic carbocycles. The summed E-state index contributed by atoms with van der Waals surface area (Å²) in [5.74, 6) is -2.12. The number of nitrogens with zero attached hydrogens (tertiary/aromatic N) is 2. The summed E-state index contributed by atoms with van der Waals surface area (Å²) < 4.78 is 33.6. The fraction of sp³-hybridized carbons (Fsp3) is 0.143. The summed E-state index contributed by atoms with van der Waals surface area (Å²) in [4.78, 5) is 12.2. The second-order valence-corrected chi connectivity index (χ2v) is 6.38. The molecule has 0 aliphatic carbocycles. The molecule has 2 heterocycles. The van der Waals surface area contributed by atoms with Crippen molar-refractivity contribution in [2.75, 3.05) is 6.54 Å². The molecule has 0 bridgehead atoms. The average Bonchev–Trinajstić information content (AvgIpc) is 3.35. The van der Waals surface area contributed by atoms with Crippen molar-refractivity contribution in [3.05, 3.63) is 78.1 Å². The van der Waals surface area contributed by atoms with Crippen LogP contribution in [0.15, 0.2) is 65.3 Å². The van der Waals surface area contributed by atoms with Crippen LogP contribution in [0.25, 0.3) is 22.2 Å². The van der Waals surface area contributed by atoms with E-state index in [0.29, 0.717) is 12.1 Å². The van der Waals surface area contributed by atoms with Gasteiger partial charge in [-0.15, -0.1) is 0 Å². The standard InChI is InChI=1S/C21H17F2N3O2/c22-16-7-6-15(12-17(16)23)20-13-18(25-28-20)21(27)24-9-3-10-26-11-8-14-4-1-2-5-19(14)26/h1-2,4-8,11-13H,3,9-10H2,(H,24,27). The van der Waals surface area contributed by atoms with E-state index >= 15 is 0 Å². The number of carbonyl (C=O) groups is 1. The summed E-state index contributed by atoms with van der Waals surface area (Å²) >= 11 is 0. The van der Waals surface area contributed by atoms with Crippen LogP contribution < -0.4 is 5.32 Å². The van der Waals surface area contributed by atoms with Gasteiger partial charge in [0.15, 0.2) is 23.1 Å². The van der Waals surface area contributed by atoms with E-state index in [1.807, 2.05) is 18.3 Å². The molecule has 0 atom stereocenters. The molecule has 0 spiro atoms. The van der Waals surface area contributed by atoms with Gasteiger partial charge < -0.3 is 14.4 Å². The van der Waals surface area contributed by atoms with Gasteiger partial charge in [-0.1, -0.05) is 23.4 Å². The summed E-state index contributed by atoms with van der Waals surface area (Å²) in [7, 11) is 0. The maximum absolute atomic E-state index is 13.3. The van der Waals surface area contributed by atoms with E-state index in [0.717, 1.165) is 30.6 Å². The first-order chi connectivity index (χ1) is 13.6. The number of aromatic nitrogens is 2. The predicted molar refractivity (Wildman–Crippen MR) is 101 cm³/mol. The Hall–Kier alpha value is -3.48. The fourth-order valence-electron chi connectivity index (χ4n) is 3.05. The van der Waals surface area contributed by atoms with Crippen LogP contribution in [0, 0.1) is 11.6 Å². The molecule has 0 aliphatic heterocycles. The van der Waals surface area contributed by atoms with E-state index in [1.54, 1.807) is 0 Å². The second kappa shape index (κ2) is 7.64. The Kier molecular flexibility index (Phi) is 4.89. The molecule has 0 aliphatic rings. The van der Waals surface area contributed by atoms with Gasteiger partial charge in [0.1, 0.15) is 0 Å². The van der Waals surface area contributed by atoms with Gasteiger partial charge in [-0.2, -0.15) is 0 Å². The van der Waals surface area contributed by atoms with E-state index in [1.165, 1.54) is 17.5 Å². The molecule has 1 N–H and O–H groups in total. The third-order valence-electron chi connectivity index (χ3n) is 4.49. The normalized spacial score (nSPS) is 11.1. The highest BCUT2D eigenvalue weighted by atomic mass is 19.2. The van der Waals surface area contributed by atoms with Gasteiger partial charge in [-0.3, -0.25) is 4.79 Å². The third kappa shape index (κ3) is 3.64. The van der Waals surface area contributed by atoms with Crippen molar-refractivity contribution in [3.63, 3.8) is 0 Å². The number of hydrogen-bond donors (Lipinski definition) is 1. The molecule has 142 valence electrons. The minimum Gasteiger partial charge on any atom is -0.355 e. The Labute approximate surface area is 159 Å². The Morgan fingerprint density at radius 3 is 2.79 bits per heavy atom. The summed E-state index contributed by atoms with van der Waals surface area (Å²) in [6, 6.07) is 14.9. The van der Waals surface area contributed by atoms with Crippen LogP contribution in [-0.4, -0.2) is 22.2 Å². The van der Waals surface area contributed by atoms with Crippen molar-refractivity contribution in [1.82, 2.24) is 15.0 Å². The number of nitrogens with one attached hydrogen (secondary N) is 1. The zero-order chi connectivity index (χ0) is 19.5. The number of rotatable bonds is 6. The van der Waals surface area contributed by atoms with Gasteiger partial charge in [-0.05, 0) is 42.1 Å². The minimum atomic E-state index is -0.988. The number of benzene rings is 2. The summed E-state index contributed by atoms with van der Waals surface area (Å²) in [5, 5.41) is 7.67. The number of fused-ring (bicyclic) bond motifs is 1. The third-order valence-corrected chi connectivity index (χ3v) is 4.49. The lowest BCUT2D eigenvalue weighted by Gasteiger charge is -2.06. The summed E-state index contributed by atoms with van der Waals surface area (Å²) in [6.07, 6.45) is 2.77. The molecule has 4 aromatic rings. The smallest absolute Gasteiger partial charge is 0.273 e. The zero-order valence-corrected chi connectivity index (χ0v) is 14.9. The molecule has 0 fully saturated rings. The van der Waals surface area contributed by atoms with Crippen LogP contribution in [-0.2, 0) is 6.54 Å². The second-order valence-electron chi connectivity index (χ2n) is 6.38. The Bertz CT molecular complexity index is 1130. The van der Waals surface area contributed by atoms with Crippen molar-refractivity contribution in [2.45, 2.75) is 13.0 Å². The molecule has 2 aromatic heterocycles. The molecule has 4 rings (SSSR count). The van der Waals surface area contributed by atoms with Gasteiger partial charge in [0.25, 0.3) is 5.91 Å². The van der Waals surface area contributed by atoms with Gasteiger partial charge in [-0.25, -0.2) is 8.78 Å². The Morgan fingerprint density at radius 2 is 1.93 bits per heavy atom. The number of carbonyl (C=O) groups excluding carboxylic acids is 1. The Morgan fingerprint density at radius 1 is 1.07 bits per heavy atom.